The number of unbranched alkanes of at least 4 members (excludes halogenated alkanes) is 9. The highest BCUT2D eigenvalue weighted by Crippen LogP contribution is 2.19. The molecular weight excluding hydrogens is 417 g/mol. The van der Waals surface area contributed by atoms with Gasteiger partial charge in [0.25, 0.3) is 0 Å². The first-order valence-electron chi connectivity index (χ1n) is 11.7. The van der Waals surface area contributed by atoms with Gasteiger partial charge in [-0.05, 0) is 30.9 Å². The molecule has 0 aliphatic carbocycles. The summed E-state index contributed by atoms with van der Waals surface area (Å²) in [5.74, 6) is -1.41. The maximum atomic E-state index is 13.3. The minimum atomic E-state index is -0.917. The third kappa shape index (κ3) is 13.0. The summed E-state index contributed by atoms with van der Waals surface area (Å²) in [7, 11) is 0. The van der Waals surface area contributed by atoms with Crippen molar-refractivity contribution < 1.29 is 28.4 Å². The molecule has 1 aromatic rings. The van der Waals surface area contributed by atoms with Crippen LogP contribution in [0.4, 0.5) is 10.1 Å². The molecule has 0 heterocycles. The average molecular weight is 454 g/mol. The van der Waals surface area contributed by atoms with Crippen LogP contribution in [0.25, 0.3) is 0 Å². The summed E-state index contributed by atoms with van der Waals surface area (Å²) < 4.78 is 23.6. The Balaban J connectivity index is 1.99. The Labute approximate surface area is 189 Å². The van der Waals surface area contributed by atoms with Gasteiger partial charge >= 0.3 is 17.6 Å². The minimum Gasteiger partial charge on any atom is -0.466 e. The van der Waals surface area contributed by atoms with Crippen LogP contribution in [0.1, 0.15) is 96.0 Å². The molecular formula is C24H36FNO6. The second-order valence-electron chi connectivity index (χ2n) is 7.96. The Hall–Kier alpha value is -2.51. The normalized spacial score (nSPS) is 10.7. The van der Waals surface area contributed by atoms with Crippen LogP contribution in [0.2, 0.25) is 0 Å². The van der Waals surface area contributed by atoms with E-state index < -0.39 is 16.4 Å². The van der Waals surface area contributed by atoms with Gasteiger partial charge in [-0.3, -0.25) is 19.7 Å². The van der Waals surface area contributed by atoms with Gasteiger partial charge in [0.1, 0.15) is 6.61 Å². The van der Waals surface area contributed by atoms with Crippen LogP contribution < -0.4 is 0 Å². The number of hydrogen-bond donors (Lipinski definition) is 0. The third-order valence-electron chi connectivity index (χ3n) is 5.13. The van der Waals surface area contributed by atoms with Crippen molar-refractivity contribution in [3.8, 4) is 0 Å². The van der Waals surface area contributed by atoms with Crippen molar-refractivity contribution in [2.45, 2.75) is 97.0 Å². The summed E-state index contributed by atoms with van der Waals surface area (Å²) in [6.45, 7) is 2.58. The number of carbonyl (C=O) groups excluding carboxylic acids is 2. The largest absolute Gasteiger partial charge is 0.466 e. The van der Waals surface area contributed by atoms with Crippen molar-refractivity contribution in [1.82, 2.24) is 0 Å². The monoisotopic (exact) mass is 453 g/mol. The van der Waals surface area contributed by atoms with Gasteiger partial charge in [0, 0.05) is 18.9 Å². The number of rotatable bonds is 18. The van der Waals surface area contributed by atoms with Crippen molar-refractivity contribution in [2.75, 3.05) is 6.61 Å². The summed E-state index contributed by atoms with van der Waals surface area (Å²) in [5.41, 5.74) is -0.254. The molecule has 0 aromatic heterocycles. The zero-order chi connectivity index (χ0) is 23.6. The van der Waals surface area contributed by atoms with Crippen molar-refractivity contribution in [3.05, 3.63) is 39.7 Å². The van der Waals surface area contributed by atoms with Crippen molar-refractivity contribution in [1.29, 1.82) is 0 Å². The highest BCUT2D eigenvalue weighted by atomic mass is 19.1. The third-order valence-corrected chi connectivity index (χ3v) is 5.13. The second-order valence-corrected chi connectivity index (χ2v) is 7.96. The molecule has 0 atom stereocenters. The fourth-order valence-electron chi connectivity index (χ4n) is 3.23. The van der Waals surface area contributed by atoms with Gasteiger partial charge in [-0.25, -0.2) is 0 Å². The molecule has 1 rings (SSSR count). The zero-order valence-electron chi connectivity index (χ0n) is 19.1. The van der Waals surface area contributed by atoms with Crippen LogP contribution in [0, 0.1) is 15.9 Å². The van der Waals surface area contributed by atoms with E-state index in [4.69, 9.17) is 9.47 Å². The molecule has 180 valence electrons. The first-order chi connectivity index (χ1) is 15.4. The number of esters is 2. The standard InChI is InChI=1S/C24H36FNO6/c1-2-3-4-9-12-17-31-23(27)13-10-7-5-6-8-11-14-24(28)32-19-20-15-16-21(25)22(18-20)26(29)30/h15-16,18H,2-14,17,19H2,1H3. The van der Waals surface area contributed by atoms with Crippen LogP contribution in [-0.4, -0.2) is 23.5 Å². The van der Waals surface area contributed by atoms with Gasteiger partial charge in [0.2, 0.25) is 5.82 Å². The Morgan fingerprint density at radius 1 is 0.875 bits per heavy atom. The maximum Gasteiger partial charge on any atom is 0.306 e. The minimum absolute atomic E-state index is 0.116. The topological polar surface area (TPSA) is 95.7 Å². The number of nitrogens with zero attached hydrogens (tertiary/aromatic N) is 1. The fraction of sp³-hybridized carbons (Fsp3) is 0.667. The second kappa shape index (κ2) is 17.1. The molecule has 0 saturated carbocycles. The smallest absolute Gasteiger partial charge is 0.306 e. The molecule has 0 unspecified atom stereocenters. The van der Waals surface area contributed by atoms with E-state index in [9.17, 15) is 24.1 Å². The Bertz CT molecular complexity index is 710. The van der Waals surface area contributed by atoms with Crippen molar-refractivity contribution >= 4 is 17.6 Å². The van der Waals surface area contributed by atoms with Crippen LogP contribution >= 0.6 is 0 Å². The van der Waals surface area contributed by atoms with E-state index in [1.54, 1.807) is 0 Å². The molecule has 7 nitrogen and oxygen atoms in total. The van der Waals surface area contributed by atoms with Crippen molar-refractivity contribution in [3.63, 3.8) is 0 Å². The summed E-state index contributed by atoms with van der Waals surface area (Å²) in [6.07, 6.45) is 11.8. The van der Waals surface area contributed by atoms with E-state index in [1.165, 1.54) is 25.3 Å². The molecule has 0 bridgehead atoms. The molecule has 8 heteroatoms. The molecule has 0 radical (unpaired) electrons. The predicted octanol–water partition coefficient (Wildman–Crippen LogP) is 6.41. The lowest BCUT2D eigenvalue weighted by molar-refractivity contribution is -0.387. The van der Waals surface area contributed by atoms with E-state index in [-0.39, 0.29) is 25.0 Å². The van der Waals surface area contributed by atoms with Crippen LogP contribution in [0.15, 0.2) is 18.2 Å². The number of hydrogen-bond acceptors (Lipinski definition) is 6. The van der Waals surface area contributed by atoms with E-state index in [0.29, 0.717) is 25.0 Å². The fourth-order valence-corrected chi connectivity index (χ4v) is 3.23. The molecule has 0 spiro atoms. The predicted molar refractivity (Wildman–Crippen MR) is 120 cm³/mol. The lowest BCUT2D eigenvalue weighted by Gasteiger charge is -2.06. The molecule has 0 N–H and O–H groups in total. The number of ether oxygens (including phenoxy) is 2. The van der Waals surface area contributed by atoms with Gasteiger partial charge in [-0.15, -0.1) is 0 Å². The molecule has 32 heavy (non-hydrogen) atoms. The summed E-state index contributed by atoms with van der Waals surface area (Å²) >= 11 is 0. The molecule has 0 aliphatic heterocycles. The summed E-state index contributed by atoms with van der Waals surface area (Å²) in [6, 6.07) is 3.43. The van der Waals surface area contributed by atoms with Crippen LogP contribution in [0.5, 0.6) is 0 Å². The van der Waals surface area contributed by atoms with Crippen LogP contribution in [-0.2, 0) is 25.7 Å². The van der Waals surface area contributed by atoms with Gasteiger partial charge in [0.15, 0.2) is 0 Å². The molecule has 0 saturated heterocycles. The highest BCUT2D eigenvalue weighted by Gasteiger charge is 2.15. The Kier molecular flexibility index (Phi) is 14.7. The Morgan fingerprint density at radius 3 is 2.06 bits per heavy atom. The lowest BCUT2D eigenvalue weighted by atomic mass is 10.1. The maximum absolute atomic E-state index is 13.3. The summed E-state index contributed by atoms with van der Waals surface area (Å²) in [4.78, 5) is 33.4. The van der Waals surface area contributed by atoms with Gasteiger partial charge in [0.05, 0.1) is 11.5 Å². The number of benzene rings is 1. The molecule has 1 aromatic carbocycles. The number of carbonyl (C=O) groups is 2. The highest BCUT2D eigenvalue weighted by molar-refractivity contribution is 5.69. The SMILES string of the molecule is CCCCCCCOC(=O)CCCCCCCCC(=O)OCc1ccc(F)c([N+](=O)[O-])c1. The quantitative estimate of drug-likeness (QED) is 0.110. The zero-order valence-corrected chi connectivity index (χ0v) is 19.1. The van der Waals surface area contributed by atoms with E-state index in [2.05, 4.69) is 6.92 Å². The van der Waals surface area contributed by atoms with Gasteiger partial charge < -0.3 is 9.47 Å². The first kappa shape index (κ1) is 27.5. The Morgan fingerprint density at radius 2 is 1.44 bits per heavy atom. The van der Waals surface area contributed by atoms with Gasteiger partial charge in [-0.1, -0.05) is 64.4 Å². The summed E-state index contributed by atoms with van der Waals surface area (Å²) in [5, 5.41) is 10.7. The number of nitro groups is 1. The number of halogens is 1. The number of nitro benzene ring substituents is 1. The van der Waals surface area contributed by atoms with Crippen molar-refractivity contribution in [2.24, 2.45) is 0 Å². The lowest BCUT2D eigenvalue weighted by Crippen LogP contribution is -2.05. The van der Waals surface area contributed by atoms with Crippen LogP contribution in [0.3, 0.4) is 0 Å². The molecule has 0 aliphatic rings. The molecule has 0 fully saturated rings. The van der Waals surface area contributed by atoms with Gasteiger partial charge in [-0.2, -0.15) is 4.39 Å². The first-order valence-corrected chi connectivity index (χ1v) is 11.7. The van der Waals surface area contributed by atoms with E-state index >= 15 is 0 Å². The van der Waals surface area contributed by atoms with E-state index in [1.807, 2.05) is 0 Å². The molecule has 0 amide bonds. The van der Waals surface area contributed by atoms with E-state index in [0.717, 1.165) is 57.1 Å². The average Bonchev–Trinajstić information content (AvgIpc) is 2.77.